The topological polar surface area (TPSA) is 46.5 Å². The zero-order valence-corrected chi connectivity index (χ0v) is 8.66. The predicted octanol–water partition coefficient (Wildman–Crippen LogP) is 0.987. The molecule has 0 saturated carbocycles. The highest BCUT2D eigenvalue weighted by molar-refractivity contribution is 9.12. The molecule has 0 fully saturated rings. The van der Waals surface area contributed by atoms with Gasteiger partial charge in [0.2, 0.25) is 0 Å². The van der Waals surface area contributed by atoms with Crippen molar-refractivity contribution < 1.29 is 9.00 Å². The molecule has 1 atom stereocenters. The van der Waals surface area contributed by atoms with E-state index in [2.05, 4.69) is 31.0 Å². The van der Waals surface area contributed by atoms with Gasteiger partial charge in [-0.3, -0.25) is 4.79 Å². The molecule has 0 N–H and O–H groups in total. The van der Waals surface area contributed by atoms with Gasteiger partial charge in [0.25, 0.3) is 0 Å². The molecule has 0 aliphatic rings. The molecule has 11 heavy (non-hydrogen) atoms. The number of amides is 1. The Bertz CT molecular complexity index is 317. The molecule has 0 bridgehead atoms. The third kappa shape index (κ3) is 4.99. The molecule has 3 nitrogen and oxygen atoms in total. The summed E-state index contributed by atoms with van der Waals surface area (Å²) in [5.41, 5.74) is 0. The lowest BCUT2D eigenvalue weighted by atomic mass is 10.7. The first-order valence-electron chi connectivity index (χ1n) is 2.87. The lowest BCUT2D eigenvalue weighted by Crippen LogP contribution is -2.02. The average molecular weight is 238 g/mol. The molecule has 0 heterocycles. The van der Waals surface area contributed by atoms with E-state index in [0.717, 1.165) is 0 Å². The van der Waals surface area contributed by atoms with E-state index in [1.165, 1.54) is 6.26 Å². The molecule has 0 aromatic rings. The van der Waals surface area contributed by atoms with Gasteiger partial charge >= 0.3 is 5.91 Å². The molecule has 0 aromatic heterocycles. The lowest BCUT2D eigenvalue weighted by Gasteiger charge is -1.93. The van der Waals surface area contributed by atoms with Crippen LogP contribution in [0.4, 0.5) is 0 Å². The van der Waals surface area contributed by atoms with Crippen LogP contribution in [0.5, 0.6) is 0 Å². The van der Waals surface area contributed by atoms with E-state index in [1.807, 2.05) is 0 Å². The first-order valence-corrected chi connectivity index (χ1v) is 5.76. The van der Waals surface area contributed by atoms with Crippen molar-refractivity contribution in [3.63, 3.8) is 0 Å². The third-order valence-electron chi connectivity index (χ3n) is 0.966. The van der Waals surface area contributed by atoms with Gasteiger partial charge in [0.1, 0.15) is 0 Å². The van der Waals surface area contributed by atoms with Crippen LogP contribution in [0.2, 0.25) is 0 Å². The van der Waals surface area contributed by atoms with Gasteiger partial charge in [-0.25, -0.2) is 4.21 Å². The highest BCUT2D eigenvalue weighted by atomic mass is 79.9. The van der Waals surface area contributed by atoms with Crippen LogP contribution in [0.3, 0.4) is 0 Å². The molecule has 1 amide bonds. The minimum atomic E-state index is -2.34. The Kier molecular flexibility index (Phi) is 4.38. The molecule has 0 aliphatic heterocycles. The fraction of sp³-hybridized carbons (Fsp3) is 0.500. The average Bonchev–Trinajstić information content (AvgIpc) is 1.87. The van der Waals surface area contributed by atoms with Crippen LogP contribution in [0.1, 0.15) is 6.92 Å². The summed E-state index contributed by atoms with van der Waals surface area (Å²) in [7, 11) is -2.34. The lowest BCUT2D eigenvalue weighted by molar-refractivity contribution is -0.112. The number of halogens is 1. The molecule has 0 rings (SSSR count). The predicted molar refractivity (Wildman–Crippen MR) is 48.7 cm³/mol. The number of rotatable bonds is 1. The van der Waals surface area contributed by atoms with Crippen LogP contribution in [-0.2, 0) is 14.5 Å². The first kappa shape index (κ1) is 10.7. The van der Waals surface area contributed by atoms with Gasteiger partial charge in [-0.2, -0.15) is 4.36 Å². The summed E-state index contributed by atoms with van der Waals surface area (Å²) in [4.78, 5) is 12.9. The second kappa shape index (κ2) is 4.52. The van der Waals surface area contributed by atoms with E-state index in [0.29, 0.717) is 5.75 Å². The summed E-state index contributed by atoms with van der Waals surface area (Å²) in [6.07, 6.45) is 1.43. The molecule has 0 radical (unpaired) electrons. The monoisotopic (exact) mass is 237 g/mol. The second-order valence-corrected chi connectivity index (χ2v) is 4.94. The van der Waals surface area contributed by atoms with Crippen LogP contribution in [-0.4, -0.2) is 22.1 Å². The zero-order chi connectivity index (χ0) is 8.91. The van der Waals surface area contributed by atoms with Crippen LogP contribution < -0.4 is 0 Å². The summed E-state index contributed by atoms with van der Waals surface area (Å²) in [6.45, 7) is 1.71. The van der Waals surface area contributed by atoms with Crippen molar-refractivity contribution in [2.45, 2.75) is 6.92 Å². The zero-order valence-electron chi connectivity index (χ0n) is 6.26. The van der Waals surface area contributed by atoms with E-state index < -0.39 is 15.6 Å². The van der Waals surface area contributed by atoms with Crippen LogP contribution in [0, 0.1) is 10.8 Å². The van der Waals surface area contributed by atoms with E-state index in [1.54, 1.807) is 6.92 Å². The fourth-order valence-corrected chi connectivity index (χ4v) is 0.998. The Morgan fingerprint density at radius 1 is 1.73 bits per heavy atom. The van der Waals surface area contributed by atoms with Gasteiger partial charge in [0.15, 0.2) is 0 Å². The number of nitrogens with zero attached hydrogens (tertiary/aromatic N) is 1. The van der Waals surface area contributed by atoms with Crippen LogP contribution in [0.15, 0.2) is 4.36 Å². The van der Waals surface area contributed by atoms with Gasteiger partial charge in [-0.05, 0) is 4.83 Å². The summed E-state index contributed by atoms with van der Waals surface area (Å²) >= 11 is 2.74. The van der Waals surface area contributed by atoms with Crippen molar-refractivity contribution in [3.05, 3.63) is 0 Å². The standard InChI is InChI=1S/C6H8BrNO2S/c1-3-11(2,10)8-6(9)4-5-7/h3H2,1-2H3. The Morgan fingerprint density at radius 2 is 2.27 bits per heavy atom. The van der Waals surface area contributed by atoms with Crippen molar-refractivity contribution in [3.8, 4) is 10.8 Å². The first-order chi connectivity index (χ1) is 5.02. The molecule has 5 heteroatoms. The number of carbonyl (C=O) groups excluding carboxylic acids is 1. The van der Waals surface area contributed by atoms with Crippen molar-refractivity contribution in [2.24, 2.45) is 4.36 Å². The molecule has 0 aliphatic carbocycles. The number of hydrogen-bond acceptors (Lipinski definition) is 2. The van der Waals surface area contributed by atoms with Crippen molar-refractivity contribution in [2.75, 3.05) is 12.0 Å². The normalized spacial score (nSPS) is 14.1. The van der Waals surface area contributed by atoms with Gasteiger partial charge in [0.05, 0.1) is 9.73 Å². The highest BCUT2D eigenvalue weighted by Crippen LogP contribution is 1.90. The Balaban J connectivity index is 4.66. The highest BCUT2D eigenvalue weighted by Gasteiger charge is 1.99. The maximum atomic E-state index is 11.2. The Hall–Kier alpha value is -0.340. The minimum Gasteiger partial charge on any atom is -0.256 e. The van der Waals surface area contributed by atoms with E-state index in [-0.39, 0.29) is 0 Å². The van der Waals surface area contributed by atoms with E-state index >= 15 is 0 Å². The second-order valence-electron chi connectivity index (χ2n) is 1.86. The van der Waals surface area contributed by atoms with E-state index in [9.17, 15) is 9.00 Å². The van der Waals surface area contributed by atoms with Gasteiger partial charge in [-0.15, -0.1) is 0 Å². The largest absolute Gasteiger partial charge is 0.330 e. The Morgan fingerprint density at radius 3 is 2.64 bits per heavy atom. The third-order valence-corrected chi connectivity index (χ3v) is 2.79. The molecule has 1 unspecified atom stereocenters. The SMILES string of the molecule is CCS(C)(=O)=NC(=O)C#CBr. The summed E-state index contributed by atoms with van der Waals surface area (Å²) < 4.78 is 14.6. The van der Waals surface area contributed by atoms with Gasteiger partial charge < -0.3 is 0 Å². The Labute approximate surface area is 74.9 Å². The summed E-state index contributed by atoms with van der Waals surface area (Å²) in [5.74, 6) is 1.84. The quantitative estimate of drug-likeness (QED) is 0.639. The van der Waals surface area contributed by atoms with Gasteiger partial charge in [0, 0.05) is 33.9 Å². The van der Waals surface area contributed by atoms with Crippen LogP contribution >= 0.6 is 15.9 Å². The number of carbonyl (C=O) groups is 1. The van der Waals surface area contributed by atoms with Crippen molar-refractivity contribution in [1.82, 2.24) is 0 Å². The minimum absolute atomic E-state index is 0.364. The molecule has 0 saturated heterocycles. The van der Waals surface area contributed by atoms with Crippen molar-refractivity contribution in [1.29, 1.82) is 0 Å². The van der Waals surface area contributed by atoms with E-state index in [4.69, 9.17) is 0 Å². The molecular weight excluding hydrogens is 230 g/mol. The fourth-order valence-electron chi connectivity index (χ4n) is 0.303. The molecule has 0 aromatic carbocycles. The van der Waals surface area contributed by atoms with Crippen LogP contribution in [0.25, 0.3) is 0 Å². The maximum absolute atomic E-state index is 11.2. The van der Waals surface area contributed by atoms with Crippen molar-refractivity contribution >= 4 is 31.6 Å². The smallest absolute Gasteiger partial charge is 0.256 e. The summed E-state index contributed by atoms with van der Waals surface area (Å²) in [5, 5.41) is 0. The molecular formula is C6H8BrNO2S. The molecule has 62 valence electrons. The molecule has 0 spiro atoms. The number of hydrogen-bond donors (Lipinski definition) is 0. The van der Waals surface area contributed by atoms with Gasteiger partial charge in [-0.1, -0.05) is 6.92 Å². The maximum Gasteiger partial charge on any atom is 0.330 e. The summed E-state index contributed by atoms with van der Waals surface area (Å²) in [6, 6.07) is 0.